The van der Waals surface area contributed by atoms with E-state index < -0.39 is 5.41 Å². The maximum atomic E-state index is 13.4. The second kappa shape index (κ2) is 5.13. The number of nitrogens with zero attached hydrogens (tertiary/aromatic N) is 2. The number of fused-ring (bicyclic) bond motifs is 1. The van der Waals surface area contributed by atoms with E-state index in [9.17, 15) is 9.18 Å². The molecule has 1 aliphatic rings. The van der Waals surface area contributed by atoms with Gasteiger partial charge in [-0.25, -0.2) is 9.37 Å². The topological polar surface area (TPSA) is 44.1 Å². The summed E-state index contributed by atoms with van der Waals surface area (Å²) in [5.41, 5.74) is 0.813. The zero-order valence-electron chi connectivity index (χ0n) is 12.4. The second-order valence-corrected chi connectivity index (χ2v) is 5.47. The summed E-state index contributed by atoms with van der Waals surface area (Å²) in [4.78, 5) is 17.0. The van der Waals surface area contributed by atoms with Crippen LogP contribution in [0.25, 0.3) is 11.0 Å². The summed E-state index contributed by atoms with van der Waals surface area (Å²) >= 11 is 0. The Morgan fingerprint density at radius 1 is 1.43 bits per heavy atom. The average Bonchev–Trinajstić information content (AvgIpc) is 2.75. The number of rotatable bonds is 4. The third-order valence-electron chi connectivity index (χ3n) is 4.33. The Balaban J connectivity index is 2.16. The van der Waals surface area contributed by atoms with E-state index in [0.29, 0.717) is 18.7 Å². The van der Waals surface area contributed by atoms with Crippen LogP contribution in [-0.2, 0) is 21.5 Å². The van der Waals surface area contributed by atoms with Crippen molar-refractivity contribution < 1.29 is 13.9 Å². The Labute approximate surface area is 122 Å². The van der Waals surface area contributed by atoms with Gasteiger partial charge in [-0.05, 0) is 38.8 Å². The molecule has 1 aromatic heterocycles. The number of aromatic nitrogens is 2. The zero-order chi connectivity index (χ0) is 15.0. The Morgan fingerprint density at radius 3 is 2.76 bits per heavy atom. The van der Waals surface area contributed by atoms with Gasteiger partial charge < -0.3 is 9.30 Å². The number of hydrogen-bond acceptors (Lipinski definition) is 3. The molecule has 112 valence electrons. The Morgan fingerprint density at radius 2 is 2.19 bits per heavy atom. The molecule has 5 heteroatoms. The highest BCUT2D eigenvalue weighted by atomic mass is 19.1. The molecule has 0 atom stereocenters. The highest BCUT2D eigenvalue weighted by Crippen LogP contribution is 2.45. The molecule has 0 radical (unpaired) electrons. The fourth-order valence-electron chi connectivity index (χ4n) is 3.11. The third kappa shape index (κ3) is 2.03. The van der Waals surface area contributed by atoms with Gasteiger partial charge in [0.25, 0.3) is 0 Å². The average molecular weight is 290 g/mol. The number of hydrogen-bond donors (Lipinski definition) is 0. The van der Waals surface area contributed by atoms with Crippen molar-refractivity contribution in [2.75, 3.05) is 6.61 Å². The summed E-state index contributed by atoms with van der Waals surface area (Å²) in [6, 6.07) is 4.57. The van der Waals surface area contributed by atoms with Crippen molar-refractivity contribution in [3.63, 3.8) is 0 Å². The van der Waals surface area contributed by atoms with Crippen LogP contribution in [0.5, 0.6) is 0 Å². The van der Waals surface area contributed by atoms with Gasteiger partial charge in [-0.2, -0.15) is 0 Å². The number of ether oxygens (including phenoxy) is 1. The standard InChI is InChI=1S/C16H19FN2O2/c1-3-19-13-7-6-11(17)10-12(13)18-14(19)16(8-5-9-16)15(20)21-4-2/h6-7,10H,3-5,8-9H2,1-2H3. The Hall–Kier alpha value is -1.91. The van der Waals surface area contributed by atoms with Gasteiger partial charge in [0, 0.05) is 12.6 Å². The van der Waals surface area contributed by atoms with Crippen molar-refractivity contribution in [1.29, 1.82) is 0 Å². The normalized spacial score (nSPS) is 16.7. The predicted octanol–water partition coefficient (Wildman–Crippen LogP) is 3.18. The van der Waals surface area contributed by atoms with E-state index in [1.165, 1.54) is 12.1 Å². The number of benzene rings is 1. The highest BCUT2D eigenvalue weighted by molar-refractivity contribution is 5.86. The largest absolute Gasteiger partial charge is 0.465 e. The van der Waals surface area contributed by atoms with E-state index in [-0.39, 0.29) is 11.8 Å². The molecule has 0 bridgehead atoms. The van der Waals surface area contributed by atoms with Crippen molar-refractivity contribution >= 4 is 17.0 Å². The Kier molecular flexibility index (Phi) is 3.43. The lowest BCUT2D eigenvalue weighted by molar-refractivity contribution is -0.154. The van der Waals surface area contributed by atoms with Crippen LogP contribution in [0.3, 0.4) is 0 Å². The summed E-state index contributed by atoms with van der Waals surface area (Å²) < 4.78 is 20.7. The van der Waals surface area contributed by atoms with Crippen LogP contribution in [0.2, 0.25) is 0 Å². The molecule has 1 saturated carbocycles. The first-order valence-electron chi connectivity index (χ1n) is 7.46. The Bertz CT molecular complexity index is 689. The van der Waals surface area contributed by atoms with Crippen LogP contribution in [0.15, 0.2) is 18.2 Å². The lowest BCUT2D eigenvalue weighted by Crippen LogP contribution is -2.45. The lowest BCUT2D eigenvalue weighted by atomic mass is 9.68. The second-order valence-electron chi connectivity index (χ2n) is 5.47. The van der Waals surface area contributed by atoms with Gasteiger partial charge in [-0.3, -0.25) is 4.79 Å². The summed E-state index contributed by atoms with van der Waals surface area (Å²) in [6.45, 7) is 4.87. The molecular formula is C16H19FN2O2. The molecule has 3 rings (SSSR count). The molecule has 0 aliphatic heterocycles. The van der Waals surface area contributed by atoms with Gasteiger partial charge in [0.1, 0.15) is 17.1 Å². The SMILES string of the molecule is CCOC(=O)C1(c2nc3cc(F)ccc3n2CC)CCC1. The van der Waals surface area contributed by atoms with Crippen molar-refractivity contribution in [3.05, 3.63) is 29.8 Å². The maximum Gasteiger partial charge on any atom is 0.319 e. The van der Waals surface area contributed by atoms with Crippen molar-refractivity contribution in [2.45, 2.75) is 45.1 Å². The van der Waals surface area contributed by atoms with Gasteiger partial charge in [-0.1, -0.05) is 6.42 Å². The summed E-state index contributed by atoms with van der Waals surface area (Å²) in [5, 5.41) is 0. The van der Waals surface area contributed by atoms with Crippen LogP contribution < -0.4 is 0 Å². The fourth-order valence-corrected chi connectivity index (χ4v) is 3.11. The first-order valence-corrected chi connectivity index (χ1v) is 7.46. The summed E-state index contributed by atoms with van der Waals surface area (Å²) in [6.07, 6.45) is 2.48. The summed E-state index contributed by atoms with van der Waals surface area (Å²) in [7, 11) is 0. The van der Waals surface area contributed by atoms with Gasteiger partial charge in [0.05, 0.1) is 17.6 Å². The van der Waals surface area contributed by atoms with Gasteiger partial charge in [0.2, 0.25) is 0 Å². The molecule has 0 spiro atoms. The van der Waals surface area contributed by atoms with Crippen LogP contribution in [0.4, 0.5) is 4.39 Å². The summed E-state index contributed by atoms with van der Waals surface area (Å²) in [5.74, 6) is 0.200. The van der Waals surface area contributed by atoms with Crippen LogP contribution >= 0.6 is 0 Å². The van der Waals surface area contributed by atoms with Crippen LogP contribution in [0.1, 0.15) is 38.9 Å². The molecular weight excluding hydrogens is 271 g/mol. The molecule has 1 heterocycles. The predicted molar refractivity (Wildman–Crippen MR) is 77.5 cm³/mol. The minimum atomic E-state index is -0.651. The minimum Gasteiger partial charge on any atom is -0.465 e. The first kappa shape index (κ1) is 14.0. The van der Waals surface area contributed by atoms with Gasteiger partial charge in [0.15, 0.2) is 0 Å². The molecule has 4 nitrogen and oxygen atoms in total. The number of esters is 1. The molecule has 1 fully saturated rings. The number of carbonyl (C=O) groups excluding carboxylic acids is 1. The monoisotopic (exact) mass is 290 g/mol. The quantitative estimate of drug-likeness (QED) is 0.812. The molecule has 0 amide bonds. The molecule has 0 unspecified atom stereocenters. The smallest absolute Gasteiger partial charge is 0.319 e. The molecule has 0 saturated heterocycles. The number of aryl methyl sites for hydroxylation is 1. The molecule has 2 aromatic rings. The lowest BCUT2D eigenvalue weighted by Gasteiger charge is -2.38. The van der Waals surface area contributed by atoms with E-state index >= 15 is 0 Å². The maximum absolute atomic E-state index is 13.4. The minimum absolute atomic E-state index is 0.207. The van der Waals surface area contributed by atoms with E-state index in [2.05, 4.69) is 4.98 Å². The van der Waals surface area contributed by atoms with E-state index in [4.69, 9.17) is 4.74 Å². The van der Waals surface area contributed by atoms with Crippen LogP contribution in [0, 0.1) is 5.82 Å². The van der Waals surface area contributed by atoms with Crippen molar-refractivity contribution in [1.82, 2.24) is 9.55 Å². The molecule has 1 aromatic carbocycles. The zero-order valence-corrected chi connectivity index (χ0v) is 12.4. The van der Waals surface area contributed by atoms with Crippen molar-refractivity contribution in [3.8, 4) is 0 Å². The van der Waals surface area contributed by atoms with E-state index in [1.54, 1.807) is 6.07 Å². The number of carbonyl (C=O) groups is 1. The van der Waals surface area contributed by atoms with Crippen LogP contribution in [-0.4, -0.2) is 22.1 Å². The molecule has 0 N–H and O–H groups in total. The van der Waals surface area contributed by atoms with E-state index in [0.717, 1.165) is 30.6 Å². The number of halogens is 1. The highest BCUT2D eigenvalue weighted by Gasteiger charge is 2.50. The van der Waals surface area contributed by atoms with Gasteiger partial charge >= 0.3 is 5.97 Å². The third-order valence-corrected chi connectivity index (χ3v) is 4.33. The fraction of sp³-hybridized carbons (Fsp3) is 0.500. The van der Waals surface area contributed by atoms with Gasteiger partial charge in [-0.15, -0.1) is 0 Å². The first-order chi connectivity index (χ1) is 10.1. The molecule has 21 heavy (non-hydrogen) atoms. The van der Waals surface area contributed by atoms with Crippen molar-refractivity contribution in [2.24, 2.45) is 0 Å². The molecule has 1 aliphatic carbocycles. The van der Waals surface area contributed by atoms with E-state index in [1.807, 2.05) is 18.4 Å². The number of imidazole rings is 1.